The first-order chi connectivity index (χ1) is 21.2. The predicted octanol–water partition coefficient (Wildman–Crippen LogP) is 9.04. The minimum atomic E-state index is -0.923. The zero-order valence-corrected chi connectivity index (χ0v) is 24.7. The first-order valence-corrected chi connectivity index (χ1v) is 16.0. The molecule has 0 amide bonds. The van der Waals surface area contributed by atoms with Crippen LogP contribution in [0.5, 0.6) is 0 Å². The number of pyridine rings is 1. The van der Waals surface area contributed by atoms with Gasteiger partial charge in [0.05, 0.1) is 5.57 Å². The van der Waals surface area contributed by atoms with Gasteiger partial charge in [0.2, 0.25) is 0 Å². The molecule has 5 atom stereocenters. The lowest BCUT2D eigenvalue weighted by atomic mass is 9.74. The van der Waals surface area contributed by atoms with Crippen LogP contribution in [0, 0.1) is 17.8 Å². The van der Waals surface area contributed by atoms with Gasteiger partial charge in [0.15, 0.2) is 0 Å². The van der Waals surface area contributed by atoms with Crippen LogP contribution >= 0.6 is 0 Å². The molecular weight excluding hydrogens is 528 g/mol. The van der Waals surface area contributed by atoms with Crippen molar-refractivity contribution < 1.29 is 9.90 Å². The van der Waals surface area contributed by atoms with E-state index in [0.717, 1.165) is 31.2 Å². The van der Waals surface area contributed by atoms with Gasteiger partial charge in [0, 0.05) is 35.7 Å². The summed E-state index contributed by atoms with van der Waals surface area (Å²) in [5, 5.41) is 9.94. The van der Waals surface area contributed by atoms with Gasteiger partial charge >= 0.3 is 5.97 Å². The summed E-state index contributed by atoms with van der Waals surface area (Å²) in [5.41, 5.74) is 7.41. The Morgan fingerprint density at radius 1 is 1.00 bits per heavy atom. The molecule has 218 valence electrons. The fraction of sp³-hybridized carbons (Fsp3) is 0.333. The summed E-state index contributed by atoms with van der Waals surface area (Å²) in [4.78, 5) is 18.8. The Kier molecular flexibility index (Phi) is 7.84. The predicted molar refractivity (Wildman–Crippen MR) is 175 cm³/mol. The molecule has 1 fully saturated rings. The molecular formula is C39H40N2O2. The van der Waals surface area contributed by atoms with Crippen LogP contribution < -0.4 is 4.90 Å². The third-order valence-corrected chi connectivity index (χ3v) is 10.0. The number of anilines is 1. The Bertz CT molecular complexity index is 1590. The van der Waals surface area contributed by atoms with Crippen molar-refractivity contribution in [1.29, 1.82) is 0 Å². The number of fused-ring (bicyclic) bond motifs is 3. The maximum absolute atomic E-state index is 12.1. The highest BCUT2D eigenvalue weighted by Gasteiger charge is 2.42. The summed E-state index contributed by atoms with van der Waals surface area (Å²) >= 11 is 0. The van der Waals surface area contributed by atoms with Crippen LogP contribution in [-0.2, 0) is 4.79 Å². The minimum absolute atomic E-state index is 0.293. The van der Waals surface area contributed by atoms with E-state index in [1.807, 2.05) is 0 Å². The molecule has 1 aromatic carbocycles. The topological polar surface area (TPSA) is 53.4 Å². The first kappa shape index (κ1) is 27.6. The number of carboxylic acids is 1. The SMILES string of the molecule is O=C(O)/C(=C\c1ccc2c(c1)C1CCCC1N2C1=CCC(CC(C2=CCCC=C2)C2C=CC=CC2)C=C1)c1ccncc1. The van der Waals surface area contributed by atoms with Crippen molar-refractivity contribution in [2.24, 2.45) is 17.8 Å². The highest BCUT2D eigenvalue weighted by atomic mass is 16.4. The van der Waals surface area contributed by atoms with Crippen LogP contribution in [0.3, 0.4) is 0 Å². The molecule has 5 aliphatic rings. The second-order valence-electron chi connectivity index (χ2n) is 12.6. The average molecular weight is 569 g/mol. The van der Waals surface area contributed by atoms with Gasteiger partial charge in [-0.2, -0.15) is 0 Å². The molecule has 43 heavy (non-hydrogen) atoms. The molecule has 7 rings (SSSR count). The number of hydrogen-bond donors (Lipinski definition) is 1. The normalized spacial score (nSPS) is 26.6. The van der Waals surface area contributed by atoms with Gasteiger partial charge in [-0.3, -0.25) is 4.98 Å². The van der Waals surface area contributed by atoms with Gasteiger partial charge < -0.3 is 10.0 Å². The average Bonchev–Trinajstić information content (AvgIpc) is 3.65. The smallest absolute Gasteiger partial charge is 0.336 e. The lowest BCUT2D eigenvalue weighted by molar-refractivity contribution is -0.130. The van der Waals surface area contributed by atoms with Crippen molar-refractivity contribution in [3.8, 4) is 0 Å². The van der Waals surface area contributed by atoms with Crippen molar-refractivity contribution in [1.82, 2.24) is 4.98 Å². The number of hydrogen-bond acceptors (Lipinski definition) is 3. The highest BCUT2D eigenvalue weighted by molar-refractivity contribution is 6.20. The second-order valence-corrected chi connectivity index (χ2v) is 12.6. The summed E-state index contributed by atoms with van der Waals surface area (Å²) in [6, 6.07) is 10.5. The number of rotatable bonds is 8. The van der Waals surface area contributed by atoms with Crippen LogP contribution in [0.25, 0.3) is 11.6 Å². The van der Waals surface area contributed by atoms with E-state index in [1.54, 1.807) is 30.6 Å². The van der Waals surface area contributed by atoms with Gasteiger partial charge in [0.1, 0.15) is 0 Å². The van der Waals surface area contributed by atoms with Gasteiger partial charge in [-0.05, 0) is 121 Å². The Labute approximate surface area is 255 Å². The molecule has 2 aromatic rings. The van der Waals surface area contributed by atoms with E-state index >= 15 is 0 Å². The molecule has 1 aromatic heterocycles. The first-order valence-electron chi connectivity index (χ1n) is 16.0. The fourth-order valence-corrected chi connectivity index (χ4v) is 7.97. The summed E-state index contributed by atoms with van der Waals surface area (Å²) in [6.45, 7) is 0. The molecule has 4 aliphatic carbocycles. The minimum Gasteiger partial charge on any atom is -0.478 e. The Balaban J connectivity index is 1.12. The summed E-state index contributed by atoms with van der Waals surface area (Å²) in [5.74, 6) is 1.24. The third-order valence-electron chi connectivity index (χ3n) is 10.0. The van der Waals surface area contributed by atoms with E-state index in [0.29, 0.717) is 40.9 Å². The molecule has 0 radical (unpaired) electrons. The van der Waals surface area contributed by atoms with Gasteiger partial charge in [-0.25, -0.2) is 4.79 Å². The maximum Gasteiger partial charge on any atom is 0.336 e. The fourth-order valence-electron chi connectivity index (χ4n) is 7.97. The molecule has 0 spiro atoms. The monoisotopic (exact) mass is 568 g/mol. The molecule has 4 nitrogen and oxygen atoms in total. The molecule has 5 unspecified atom stereocenters. The molecule has 1 aliphatic heterocycles. The van der Waals surface area contributed by atoms with Crippen LogP contribution in [-0.4, -0.2) is 22.1 Å². The Morgan fingerprint density at radius 2 is 1.91 bits per heavy atom. The molecule has 2 heterocycles. The van der Waals surface area contributed by atoms with Crippen LogP contribution in [0.1, 0.15) is 74.0 Å². The van der Waals surface area contributed by atoms with Crippen molar-refractivity contribution in [3.05, 3.63) is 131 Å². The van der Waals surface area contributed by atoms with E-state index in [4.69, 9.17) is 0 Å². The van der Waals surface area contributed by atoms with Crippen molar-refractivity contribution in [2.45, 2.75) is 63.3 Å². The molecule has 1 N–H and O–H groups in total. The third kappa shape index (κ3) is 5.63. The number of aromatic nitrogens is 1. The Morgan fingerprint density at radius 3 is 2.65 bits per heavy atom. The zero-order chi connectivity index (χ0) is 29.2. The lowest BCUT2D eigenvalue weighted by Gasteiger charge is -2.33. The second kappa shape index (κ2) is 12.2. The van der Waals surface area contributed by atoms with Crippen LogP contribution in [0.2, 0.25) is 0 Å². The van der Waals surface area contributed by atoms with Gasteiger partial charge in [-0.1, -0.05) is 67.2 Å². The van der Waals surface area contributed by atoms with Crippen molar-refractivity contribution in [3.63, 3.8) is 0 Å². The van der Waals surface area contributed by atoms with Crippen LogP contribution in [0.4, 0.5) is 5.69 Å². The number of benzene rings is 1. The highest BCUT2D eigenvalue weighted by Crippen LogP contribution is 2.52. The maximum atomic E-state index is 12.1. The quantitative estimate of drug-likeness (QED) is 0.323. The van der Waals surface area contributed by atoms with E-state index in [2.05, 4.69) is 88.8 Å². The number of carbonyl (C=O) groups is 1. The molecule has 0 bridgehead atoms. The van der Waals surface area contributed by atoms with Gasteiger partial charge in [0.25, 0.3) is 0 Å². The summed E-state index contributed by atoms with van der Waals surface area (Å²) in [7, 11) is 0. The Hall–Kier alpha value is -4.18. The lowest BCUT2D eigenvalue weighted by Crippen LogP contribution is -2.31. The summed E-state index contributed by atoms with van der Waals surface area (Å²) < 4.78 is 0. The number of allylic oxidation sites excluding steroid dienone is 11. The standard InChI is InChI=1S/C39H40N2O2/c42-39(43)35(31-20-22-40-23-21-31)25-28-16-19-38-36(26-28)33-12-7-13-37(33)41(38)32-17-14-27(15-18-32)24-34(29-8-3-1-4-9-29)30-10-5-2-6-11-30/h1,3-5,8,10-11,14,16-23,25-27,29,33-34,37H,2,6-7,9,12-13,15,24H2,(H,42,43)/b35-25-. The molecule has 0 saturated heterocycles. The largest absolute Gasteiger partial charge is 0.478 e. The van der Waals surface area contributed by atoms with Crippen LogP contribution in [0.15, 0.2) is 115 Å². The van der Waals surface area contributed by atoms with E-state index in [-0.39, 0.29) is 0 Å². The van der Waals surface area contributed by atoms with E-state index in [9.17, 15) is 9.90 Å². The number of carboxylic acid groups (broad SMARTS) is 1. The molecule has 1 saturated carbocycles. The zero-order valence-electron chi connectivity index (χ0n) is 24.7. The van der Waals surface area contributed by atoms with E-state index < -0.39 is 5.97 Å². The van der Waals surface area contributed by atoms with Gasteiger partial charge in [-0.15, -0.1) is 0 Å². The van der Waals surface area contributed by atoms with E-state index in [1.165, 1.54) is 48.2 Å². The molecule has 4 heteroatoms. The van der Waals surface area contributed by atoms with Crippen molar-refractivity contribution in [2.75, 3.05) is 4.90 Å². The summed E-state index contributed by atoms with van der Waals surface area (Å²) in [6.07, 6.45) is 38.1. The number of nitrogens with zero attached hydrogens (tertiary/aromatic N) is 2. The number of aliphatic carboxylic acids is 1. The van der Waals surface area contributed by atoms with Crippen molar-refractivity contribution >= 4 is 23.3 Å².